The van der Waals surface area contributed by atoms with Crippen molar-refractivity contribution in [2.75, 3.05) is 0 Å². The van der Waals surface area contributed by atoms with E-state index in [-0.39, 0.29) is 5.78 Å². The number of ketones is 1. The molecule has 0 aliphatic rings. The molecule has 0 fully saturated rings. The lowest BCUT2D eigenvalue weighted by molar-refractivity contribution is 0.103. The van der Waals surface area contributed by atoms with Crippen LogP contribution in [0.25, 0.3) is 11.0 Å². The van der Waals surface area contributed by atoms with Crippen LogP contribution in [-0.4, -0.2) is 15.3 Å². The minimum absolute atomic E-state index is 0.0429. The van der Waals surface area contributed by atoms with Gasteiger partial charge in [0.2, 0.25) is 0 Å². The highest BCUT2D eigenvalue weighted by molar-refractivity contribution is 6.10. The van der Waals surface area contributed by atoms with Gasteiger partial charge in [0.15, 0.2) is 5.78 Å². The Kier molecular flexibility index (Phi) is 2.67. The van der Waals surface area contributed by atoms with Crippen LogP contribution in [0.5, 0.6) is 0 Å². The predicted molar refractivity (Wildman–Crippen MR) is 75.3 cm³/mol. The van der Waals surface area contributed by atoms with Crippen LogP contribution in [0.1, 0.15) is 21.7 Å². The number of aromatic nitrogens is 2. The van der Waals surface area contributed by atoms with Crippen molar-refractivity contribution in [2.24, 2.45) is 7.05 Å². The first-order valence-electron chi connectivity index (χ1n) is 6.19. The zero-order chi connectivity index (χ0) is 13.4. The Labute approximate surface area is 111 Å². The number of hydrogen-bond donors (Lipinski definition) is 0. The molecule has 1 heterocycles. The zero-order valence-electron chi connectivity index (χ0n) is 10.9. The van der Waals surface area contributed by atoms with E-state index in [0.29, 0.717) is 11.1 Å². The Hall–Kier alpha value is -2.42. The van der Waals surface area contributed by atoms with Crippen LogP contribution in [0.2, 0.25) is 0 Å². The van der Waals surface area contributed by atoms with Crippen LogP contribution in [-0.2, 0) is 7.05 Å². The summed E-state index contributed by atoms with van der Waals surface area (Å²) in [4.78, 5) is 16.8. The molecule has 2 aromatic carbocycles. The monoisotopic (exact) mass is 250 g/mol. The maximum absolute atomic E-state index is 12.4. The summed E-state index contributed by atoms with van der Waals surface area (Å²) < 4.78 is 2.00. The third-order valence-electron chi connectivity index (χ3n) is 3.40. The molecule has 0 aliphatic heterocycles. The first-order valence-corrected chi connectivity index (χ1v) is 6.19. The maximum atomic E-state index is 12.4. The fourth-order valence-corrected chi connectivity index (χ4v) is 2.21. The van der Waals surface area contributed by atoms with E-state index in [1.807, 2.05) is 67.1 Å². The summed E-state index contributed by atoms with van der Waals surface area (Å²) in [5.41, 5.74) is 3.31. The van der Waals surface area contributed by atoms with Crippen LogP contribution in [0.3, 0.4) is 0 Å². The summed E-state index contributed by atoms with van der Waals surface area (Å²) in [5.74, 6) is 0.987. The first kappa shape index (κ1) is 11.7. The number of carbonyl (C=O) groups is 1. The van der Waals surface area contributed by atoms with Crippen molar-refractivity contribution in [1.29, 1.82) is 0 Å². The summed E-state index contributed by atoms with van der Waals surface area (Å²) in [6, 6.07) is 15.0. The van der Waals surface area contributed by atoms with Crippen molar-refractivity contribution in [3.05, 3.63) is 65.5 Å². The van der Waals surface area contributed by atoms with E-state index in [1.54, 1.807) is 0 Å². The van der Waals surface area contributed by atoms with Gasteiger partial charge in [-0.05, 0) is 25.1 Å². The molecular formula is C16H14N2O. The largest absolute Gasteiger partial charge is 0.331 e. The van der Waals surface area contributed by atoms with Gasteiger partial charge in [0.05, 0.1) is 11.0 Å². The van der Waals surface area contributed by atoms with Gasteiger partial charge in [0.1, 0.15) is 5.82 Å². The number of nitrogens with zero attached hydrogens (tertiary/aromatic N) is 2. The van der Waals surface area contributed by atoms with E-state index in [4.69, 9.17) is 0 Å². The molecule has 1 aromatic heterocycles. The number of carbonyl (C=O) groups excluding carboxylic acids is 1. The van der Waals surface area contributed by atoms with Gasteiger partial charge in [-0.3, -0.25) is 4.79 Å². The lowest BCUT2D eigenvalue weighted by Gasteiger charge is -2.02. The van der Waals surface area contributed by atoms with Crippen molar-refractivity contribution in [3.63, 3.8) is 0 Å². The SMILES string of the molecule is Cc1nc2ccc(C(=O)c3ccccc3)cc2n1C. The average Bonchev–Trinajstić information content (AvgIpc) is 2.74. The fraction of sp³-hybridized carbons (Fsp3) is 0.125. The Morgan fingerprint density at radius 3 is 2.53 bits per heavy atom. The van der Waals surface area contributed by atoms with E-state index in [1.165, 1.54) is 0 Å². The van der Waals surface area contributed by atoms with E-state index in [9.17, 15) is 4.79 Å². The smallest absolute Gasteiger partial charge is 0.193 e. The Bertz CT molecular complexity index is 757. The molecule has 0 radical (unpaired) electrons. The second-order valence-corrected chi connectivity index (χ2v) is 4.62. The molecule has 0 aliphatic carbocycles. The van der Waals surface area contributed by atoms with Gasteiger partial charge < -0.3 is 4.57 Å². The van der Waals surface area contributed by atoms with Gasteiger partial charge >= 0.3 is 0 Å². The second kappa shape index (κ2) is 4.35. The van der Waals surface area contributed by atoms with Gasteiger partial charge in [-0.25, -0.2) is 4.98 Å². The lowest BCUT2D eigenvalue weighted by Crippen LogP contribution is -2.01. The molecule has 0 saturated heterocycles. The number of imidazole rings is 1. The van der Waals surface area contributed by atoms with Gasteiger partial charge in [-0.15, -0.1) is 0 Å². The van der Waals surface area contributed by atoms with Crippen LogP contribution < -0.4 is 0 Å². The van der Waals surface area contributed by atoms with Crippen LogP contribution >= 0.6 is 0 Å². The summed E-state index contributed by atoms with van der Waals surface area (Å²) >= 11 is 0. The molecule has 3 nitrogen and oxygen atoms in total. The molecule has 0 atom stereocenters. The van der Waals surface area contributed by atoms with Crippen molar-refractivity contribution in [2.45, 2.75) is 6.92 Å². The highest BCUT2D eigenvalue weighted by Crippen LogP contribution is 2.18. The van der Waals surface area contributed by atoms with Crippen molar-refractivity contribution in [3.8, 4) is 0 Å². The van der Waals surface area contributed by atoms with E-state index < -0.39 is 0 Å². The Balaban J connectivity index is 2.11. The third kappa shape index (κ3) is 1.93. The summed E-state index contributed by atoms with van der Waals surface area (Å²) in [5, 5.41) is 0. The van der Waals surface area contributed by atoms with Crippen molar-refractivity contribution < 1.29 is 4.79 Å². The minimum Gasteiger partial charge on any atom is -0.331 e. The standard InChI is InChI=1S/C16H14N2O/c1-11-17-14-9-8-13(10-15(14)18(11)2)16(19)12-6-4-3-5-7-12/h3-10H,1-2H3. The number of hydrogen-bond acceptors (Lipinski definition) is 2. The molecular weight excluding hydrogens is 236 g/mol. The number of benzene rings is 2. The molecule has 0 unspecified atom stereocenters. The fourth-order valence-electron chi connectivity index (χ4n) is 2.21. The van der Waals surface area contributed by atoms with Gasteiger partial charge in [0.25, 0.3) is 0 Å². The third-order valence-corrected chi connectivity index (χ3v) is 3.40. The van der Waals surface area contributed by atoms with E-state index >= 15 is 0 Å². The molecule has 3 heteroatoms. The molecule has 19 heavy (non-hydrogen) atoms. The number of fused-ring (bicyclic) bond motifs is 1. The first-order chi connectivity index (χ1) is 9.16. The molecule has 0 spiro atoms. The van der Waals surface area contributed by atoms with Gasteiger partial charge in [-0.1, -0.05) is 30.3 Å². The normalized spacial score (nSPS) is 10.8. The molecule has 3 aromatic rings. The Morgan fingerprint density at radius 1 is 1.05 bits per heavy atom. The van der Waals surface area contributed by atoms with Gasteiger partial charge in [0, 0.05) is 18.2 Å². The van der Waals surface area contributed by atoms with Crippen molar-refractivity contribution >= 4 is 16.8 Å². The summed E-state index contributed by atoms with van der Waals surface area (Å²) in [6.45, 7) is 1.96. The second-order valence-electron chi connectivity index (χ2n) is 4.62. The lowest BCUT2D eigenvalue weighted by atomic mass is 10.0. The maximum Gasteiger partial charge on any atom is 0.193 e. The summed E-state index contributed by atoms with van der Waals surface area (Å²) in [6.07, 6.45) is 0. The topological polar surface area (TPSA) is 34.9 Å². The van der Waals surface area contributed by atoms with Crippen LogP contribution in [0.4, 0.5) is 0 Å². The molecule has 0 saturated carbocycles. The van der Waals surface area contributed by atoms with Crippen LogP contribution in [0, 0.1) is 6.92 Å². The average molecular weight is 250 g/mol. The number of aryl methyl sites for hydroxylation is 2. The molecule has 3 rings (SSSR count). The van der Waals surface area contributed by atoms with Gasteiger partial charge in [-0.2, -0.15) is 0 Å². The molecule has 0 bridgehead atoms. The Morgan fingerprint density at radius 2 is 1.79 bits per heavy atom. The highest BCUT2D eigenvalue weighted by Gasteiger charge is 2.11. The van der Waals surface area contributed by atoms with Crippen LogP contribution in [0.15, 0.2) is 48.5 Å². The zero-order valence-corrected chi connectivity index (χ0v) is 10.9. The summed E-state index contributed by atoms with van der Waals surface area (Å²) in [7, 11) is 1.96. The van der Waals surface area contributed by atoms with Crippen molar-refractivity contribution in [1.82, 2.24) is 9.55 Å². The molecule has 0 N–H and O–H groups in total. The number of rotatable bonds is 2. The van der Waals surface area contributed by atoms with E-state index in [0.717, 1.165) is 16.9 Å². The molecule has 0 amide bonds. The predicted octanol–water partition coefficient (Wildman–Crippen LogP) is 3.11. The quantitative estimate of drug-likeness (QED) is 0.655. The minimum atomic E-state index is 0.0429. The highest BCUT2D eigenvalue weighted by atomic mass is 16.1. The molecule has 94 valence electrons. The van der Waals surface area contributed by atoms with E-state index in [2.05, 4.69) is 4.98 Å².